The summed E-state index contributed by atoms with van der Waals surface area (Å²) in [7, 11) is 6.16. The van der Waals surface area contributed by atoms with Crippen LogP contribution in [-0.2, 0) is 52.4 Å². The van der Waals surface area contributed by atoms with Crippen LogP contribution in [0.2, 0.25) is 0 Å². The highest BCUT2D eigenvalue weighted by atomic mass is 16.6. The molecule has 4 heterocycles. The van der Waals surface area contributed by atoms with Crippen LogP contribution in [0.4, 0.5) is 0 Å². The zero-order chi connectivity index (χ0) is 47.7. The molecule has 4 aliphatic heterocycles. The van der Waals surface area contributed by atoms with Gasteiger partial charge < -0.3 is 43.5 Å². The molecule has 14 nitrogen and oxygen atoms in total. The number of aliphatic hydroxyl groups excluding tert-OH is 1. The molecule has 2 N–H and O–H groups in total. The largest absolute Gasteiger partial charge is 0.460 e. The number of carbonyl (C=O) groups is 5. The maximum Gasteiger partial charge on any atom is 0.329 e. The number of nitrogens with zero attached hydrogens (tertiary/aromatic N) is 1. The first kappa shape index (κ1) is 52.6. The Morgan fingerprint density at radius 2 is 1.54 bits per heavy atom. The number of hydrogen-bond donors (Lipinski definition) is 2. The van der Waals surface area contributed by atoms with Gasteiger partial charge in [-0.25, -0.2) is 4.79 Å². The second-order valence-electron chi connectivity index (χ2n) is 19.7. The monoisotopic (exact) mass is 912 g/mol. The fourth-order valence-corrected chi connectivity index (χ4v) is 11.2. The van der Waals surface area contributed by atoms with Crippen molar-refractivity contribution < 1.29 is 62.6 Å². The molecular weight excluding hydrogens is 835 g/mol. The summed E-state index contributed by atoms with van der Waals surface area (Å²) in [6.07, 6.45) is 12.2. The molecule has 4 bridgehead atoms. The number of rotatable bonds is 6. The van der Waals surface area contributed by atoms with Gasteiger partial charge in [0, 0.05) is 71.5 Å². The number of carbonyl (C=O) groups excluding carboxylic acids is 5. The predicted molar refractivity (Wildman–Crippen MR) is 243 cm³/mol. The highest BCUT2D eigenvalue weighted by Gasteiger charge is 2.57. The van der Waals surface area contributed by atoms with Crippen molar-refractivity contribution in [1.82, 2.24) is 4.90 Å². The molecule has 0 aromatic carbocycles. The Hall–Kier alpha value is -3.37. The number of hydrogen-bond acceptors (Lipinski definition) is 13. The maximum absolute atomic E-state index is 14.5. The molecule has 5 unspecified atom stereocenters. The summed E-state index contributed by atoms with van der Waals surface area (Å²) in [5, 5.41) is 22.7. The van der Waals surface area contributed by atoms with Crippen LogP contribution in [0.3, 0.4) is 0 Å². The molecular formula is C51H77NO13. The summed E-state index contributed by atoms with van der Waals surface area (Å²) in [6, 6.07) is -1.11. The zero-order valence-electron chi connectivity index (χ0n) is 40.4. The third-order valence-corrected chi connectivity index (χ3v) is 15.1. The van der Waals surface area contributed by atoms with Gasteiger partial charge in [-0.3, -0.25) is 19.2 Å². The van der Waals surface area contributed by atoms with Gasteiger partial charge in [0.2, 0.25) is 5.79 Å². The van der Waals surface area contributed by atoms with E-state index < -0.39 is 83.9 Å². The Labute approximate surface area is 386 Å². The Balaban J connectivity index is 1.52. The molecule has 0 spiro atoms. The van der Waals surface area contributed by atoms with E-state index in [4.69, 9.17) is 28.4 Å². The topological polar surface area (TPSA) is 184 Å². The SMILES string of the molecule is CO[C@H]1C[C@@H]2CCC(C)C(O)(O2)C(=O)C(=O)N2CCC[C@@H]3C(C[C@@H]4CC[C@@H](O)[C@H](OC)C4)[C@H](CC(=O)[C@H](C)/C=C(\C)[C@@H](OC)[C@@H](OC)C(=O)C(C)CC(C)/C=C/C=C/C=C1C)OC(=O)[C@H]32. The van der Waals surface area contributed by atoms with Crippen molar-refractivity contribution in [2.45, 2.75) is 167 Å². The van der Waals surface area contributed by atoms with Crippen LogP contribution in [0, 0.1) is 41.4 Å². The van der Waals surface area contributed by atoms with Gasteiger partial charge in [0.25, 0.3) is 11.7 Å². The molecule has 4 fully saturated rings. The summed E-state index contributed by atoms with van der Waals surface area (Å²) in [5.74, 6) is -7.90. The van der Waals surface area contributed by atoms with Crippen LogP contribution < -0.4 is 0 Å². The second kappa shape index (κ2) is 23.6. The lowest BCUT2D eigenvalue weighted by Gasteiger charge is -2.50. The minimum absolute atomic E-state index is 0.0637. The highest BCUT2D eigenvalue weighted by molar-refractivity contribution is 6.39. The first-order chi connectivity index (χ1) is 30.9. The van der Waals surface area contributed by atoms with Crippen molar-refractivity contribution in [3.63, 3.8) is 0 Å². The number of allylic oxidation sites excluding steroid dienone is 6. The number of ether oxygens (including phenoxy) is 6. The molecule has 16 atom stereocenters. The molecule has 5 aliphatic rings. The van der Waals surface area contributed by atoms with Crippen molar-refractivity contribution in [2.24, 2.45) is 41.4 Å². The summed E-state index contributed by atoms with van der Waals surface area (Å²) in [5.41, 5.74) is 1.55. The van der Waals surface area contributed by atoms with E-state index in [9.17, 15) is 34.2 Å². The normalized spacial score (nSPS) is 41.9. The molecule has 1 saturated carbocycles. The van der Waals surface area contributed by atoms with Gasteiger partial charge >= 0.3 is 5.97 Å². The molecule has 0 aromatic heterocycles. The Kier molecular flexibility index (Phi) is 19.1. The number of methoxy groups -OCH3 is 4. The lowest BCUT2D eigenvalue weighted by atomic mass is 9.68. The van der Waals surface area contributed by atoms with Gasteiger partial charge in [-0.05, 0) is 101 Å². The van der Waals surface area contributed by atoms with Crippen LogP contribution in [0.15, 0.2) is 47.6 Å². The summed E-state index contributed by atoms with van der Waals surface area (Å²) in [6.45, 7) is 11.2. The molecule has 3 saturated heterocycles. The number of amides is 1. The fraction of sp³-hybridized carbons (Fsp3) is 0.745. The lowest BCUT2D eigenvalue weighted by molar-refractivity contribution is -0.266. The van der Waals surface area contributed by atoms with Gasteiger partial charge in [-0.2, -0.15) is 0 Å². The third kappa shape index (κ3) is 12.4. The van der Waals surface area contributed by atoms with E-state index in [1.165, 1.54) is 19.1 Å². The van der Waals surface area contributed by atoms with Crippen molar-refractivity contribution in [3.8, 4) is 0 Å². The number of esters is 1. The van der Waals surface area contributed by atoms with Gasteiger partial charge in [-0.15, -0.1) is 0 Å². The molecule has 65 heavy (non-hydrogen) atoms. The Bertz CT molecular complexity index is 1810. The van der Waals surface area contributed by atoms with Gasteiger partial charge in [0.1, 0.15) is 30.1 Å². The number of fused-ring (bicyclic) bond motifs is 4. The van der Waals surface area contributed by atoms with Crippen LogP contribution >= 0.6 is 0 Å². The van der Waals surface area contributed by atoms with Crippen molar-refractivity contribution >= 4 is 29.2 Å². The lowest BCUT2D eigenvalue weighted by Crippen LogP contribution is -2.65. The molecule has 1 amide bonds. The molecule has 364 valence electrons. The van der Waals surface area contributed by atoms with Crippen LogP contribution in [0.1, 0.15) is 112 Å². The summed E-state index contributed by atoms with van der Waals surface area (Å²) < 4.78 is 35.6. The van der Waals surface area contributed by atoms with E-state index in [0.29, 0.717) is 69.8 Å². The quantitative estimate of drug-likeness (QED) is 0.179. The first-order valence-corrected chi connectivity index (χ1v) is 23.9. The Morgan fingerprint density at radius 1 is 0.815 bits per heavy atom. The molecule has 0 radical (unpaired) electrons. The van der Waals surface area contributed by atoms with Gasteiger partial charge in [0.05, 0.1) is 24.4 Å². The van der Waals surface area contributed by atoms with E-state index >= 15 is 0 Å². The fourth-order valence-electron chi connectivity index (χ4n) is 11.2. The third-order valence-electron chi connectivity index (χ3n) is 15.1. The summed E-state index contributed by atoms with van der Waals surface area (Å²) >= 11 is 0. The van der Waals surface area contributed by atoms with E-state index in [1.807, 2.05) is 58.1 Å². The standard InChI is InChI=1S/C51H77NO13/c1-29-15-12-11-13-16-30(2)41(60-7)27-36-20-18-34(6)51(59,65-36)48(56)49(57)52-22-14-17-37-38(25-35-19-21-39(53)43(26-35)61-8)42(64-50(58)44(37)52)28-40(54)31(3)24-33(5)46(62-9)47(63-10)45(55)32(4)23-29/h11-13,15-16,24,29,31-32,34-39,41-44,46-47,53,59H,14,17-23,25-28H2,1-10H3/b13-11+,15-12+,30-16?,33-24+/t29?,31-,32?,34?,35+,36+,37-,38?,39-,41+,42+,43-,44+,46-,47+,51?/m1/s1. The number of ketones is 3. The van der Waals surface area contributed by atoms with Crippen molar-refractivity contribution in [2.75, 3.05) is 35.0 Å². The van der Waals surface area contributed by atoms with E-state index in [-0.39, 0.29) is 54.3 Å². The van der Waals surface area contributed by atoms with Crippen LogP contribution in [-0.4, -0.2) is 134 Å². The first-order valence-electron chi connectivity index (χ1n) is 23.9. The molecule has 5 rings (SSSR count). The average molecular weight is 912 g/mol. The van der Waals surface area contributed by atoms with Crippen LogP contribution in [0.25, 0.3) is 0 Å². The number of piperidine rings is 1. The second-order valence-corrected chi connectivity index (χ2v) is 19.7. The van der Waals surface area contributed by atoms with Gasteiger partial charge in [-0.1, -0.05) is 64.2 Å². The van der Waals surface area contributed by atoms with E-state index in [2.05, 4.69) is 0 Å². The highest BCUT2D eigenvalue weighted by Crippen LogP contribution is 2.45. The minimum Gasteiger partial charge on any atom is -0.460 e. The molecule has 1 aliphatic carbocycles. The molecule has 14 heteroatoms. The predicted octanol–water partition coefficient (Wildman–Crippen LogP) is 6.05. The van der Waals surface area contributed by atoms with Gasteiger partial charge in [0.15, 0.2) is 5.78 Å². The number of aliphatic hydroxyl groups is 2. The zero-order valence-corrected chi connectivity index (χ0v) is 40.4. The van der Waals surface area contributed by atoms with E-state index in [0.717, 1.165) is 5.57 Å². The van der Waals surface area contributed by atoms with Crippen LogP contribution in [0.5, 0.6) is 0 Å². The summed E-state index contributed by atoms with van der Waals surface area (Å²) in [4.78, 5) is 72.5. The Morgan fingerprint density at radius 3 is 2.22 bits per heavy atom. The molecule has 0 aromatic rings. The minimum atomic E-state index is -2.42. The maximum atomic E-state index is 14.5. The van der Waals surface area contributed by atoms with Crippen molar-refractivity contribution in [1.29, 1.82) is 0 Å². The number of Topliss-reactive ketones (excluding diaryl/α,β-unsaturated/α-hetero) is 3. The van der Waals surface area contributed by atoms with E-state index in [1.54, 1.807) is 34.1 Å². The average Bonchev–Trinajstić information content (AvgIpc) is 3.28. The van der Waals surface area contributed by atoms with Crippen molar-refractivity contribution in [3.05, 3.63) is 47.6 Å². The smallest absolute Gasteiger partial charge is 0.329 e.